The van der Waals surface area contributed by atoms with Gasteiger partial charge in [-0.1, -0.05) is 11.6 Å². The lowest BCUT2D eigenvalue weighted by Gasteiger charge is -2.07. The van der Waals surface area contributed by atoms with Gasteiger partial charge in [0, 0.05) is 22.6 Å². The Balaban J connectivity index is 2.38. The lowest BCUT2D eigenvalue weighted by molar-refractivity contribution is 0.595. The fourth-order valence-electron chi connectivity index (χ4n) is 1.60. The molecule has 0 saturated carbocycles. The number of nitrogens with two attached hydrogens (primary N) is 1. The van der Waals surface area contributed by atoms with Crippen molar-refractivity contribution in [2.45, 2.75) is 10.6 Å². The Morgan fingerprint density at radius 3 is 2.63 bits per heavy atom. The van der Waals surface area contributed by atoms with E-state index < -0.39 is 9.84 Å². The zero-order chi connectivity index (χ0) is 14.0. The van der Waals surface area contributed by atoms with Gasteiger partial charge in [-0.25, -0.2) is 8.42 Å². The standard InChI is InChI=1S/C12H10BrClN2O2S/c13-9-3-8(5-16-6-9)7-19(17,18)12-2-1-10(15)4-11(12)14/h1-6H,7,15H2. The molecule has 0 atom stereocenters. The third-order valence-electron chi connectivity index (χ3n) is 2.41. The summed E-state index contributed by atoms with van der Waals surface area (Å²) < 4.78 is 25.3. The number of hydrogen-bond donors (Lipinski definition) is 1. The molecule has 0 aliphatic rings. The number of benzene rings is 1. The van der Waals surface area contributed by atoms with Gasteiger partial charge in [0.1, 0.15) is 0 Å². The highest BCUT2D eigenvalue weighted by Crippen LogP contribution is 2.26. The van der Waals surface area contributed by atoms with Crippen LogP contribution in [0, 0.1) is 0 Å². The first-order valence-corrected chi connectivity index (χ1v) is 8.08. The van der Waals surface area contributed by atoms with Crippen molar-refractivity contribution in [1.82, 2.24) is 4.98 Å². The van der Waals surface area contributed by atoms with E-state index in [-0.39, 0.29) is 15.7 Å². The van der Waals surface area contributed by atoms with E-state index in [9.17, 15) is 8.42 Å². The molecule has 0 spiro atoms. The predicted octanol–water partition coefficient (Wildman–Crippen LogP) is 3.05. The summed E-state index contributed by atoms with van der Waals surface area (Å²) in [6.45, 7) is 0. The molecular weight excluding hydrogens is 352 g/mol. The molecule has 100 valence electrons. The average molecular weight is 362 g/mol. The molecule has 1 heterocycles. The van der Waals surface area contributed by atoms with Crippen molar-refractivity contribution in [2.75, 3.05) is 5.73 Å². The van der Waals surface area contributed by atoms with Crippen LogP contribution in [0.4, 0.5) is 5.69 Å². The molecule has 2 N–H and O–H groups in total. The molecule has 2 rings (SSSR count). The van der Waals surface area contributed by atoms with Crippen LogP contribution in [-0.2, 0) is 15.6 Å². The molecule has 7 heteroatoms. The number of sulfone groups is 1. The Morgan fingerprint density at radius 1 is 1.26 bits per heavy atom. The van der Waals surface area contributed by atoms with E-state index in [4.69, 9.17) is 17.3 Å². The SMILES string of the molecule is Nc1ccc(S(=O)(=O)Cc2cncc(Br)c2)c(Cl)c1. The second-order valence-electron chi connectivity index (χ2n) is 3.96. The molecule has 0 aliphatic carbocycles. The molecule has 19 heavy (non-hydrogen) atoms. The summed E-state index contributed by atoms with van der Waals surface area (Å²) in [6.07, 6.45) is 3.10. The monoisotopic (exact) mass is 360 g/mol. The van der Waals surface area contributed by atoms with Gasteiger partial charge >= 0.3 is 0 Å². The van der Waals surface area contributed by atoms with E-state index in [1.54, 1.807) is 12.3 Å². The lowest BCUT2D eigenvalue weighted by Crippen LogP contribution is -2.06. The number of hydrogen-bond acceptors (Lipinski definition) is 4. The van der Waals surface area contributed by atoms with Gasteiger partial charge in [-0.05, 0) is 45.8 Å². The zero-order valence-electron chi connectivity index (χ0n) is 9.68. The Morgan fingerprint density at radius 2 is 2.00 bits per heavy atom. The van der Waals surface area contributed by atoms with Crippen molar-refractivity contribution < 1.29 is 8.42 Å². The molecule has 0 radical (unpaired) electrons. The summed E-state index contributed by atoms with van der Waals surface area (Å²) in [5.41, 5.74) is 6.56. The normalized spacial score (nSPS) is 11.5. The molecule has 0 aliphatic heterocycles. The molecule has 4 nitrogen and oxygen atoms in total. The van der Waals surface area contributed by atoms with Crippen LogP contribution < -0.4 is 5.73 Å². The van der Waals surface area contributed by atoms with Gasteiger partial charge in [0.25, 0.3) is 0 Å². The second kappa shape index (κ2) is 5.48. The van der Waals surface area contributed by atoms with Crippen LogP contribution in [0.1, 0.15) is 5.56 Å². The fraction of sp³-hybridized carbons (Fsp3) is 0.0833. The topological polar surface area (TPSA) is 73.1 Å². The molecule has 0 unspecified atom stereocenters. The van der Waals surface area contributed by atoms with E-state index in [1.165, 1.54) is 24.4 Å². The van der Waals surface area contributed by atoms with Crippen LogP contribution in [-0.4, -0.2) is 13.4 Å². The number of aromatic nitrogens is 1. The average Bonchev–Trinajstić information content (AvgIpc) is 2.27. The highest BCUT2D eigenvalue weighted by Gasteiger charge is 2.19. The van der Waals surface area contributed by atoms with E-state index in [0.29, 0.717) is 11.3 Å². The van der Waals surface area contributed by atoms with Crippen molar-refractivity contribution in [1.29, 1.82) is 0 Å². The Bertz CT molecular complexity index is 719. The van der Waals surface area contributed by atoms with Crippen molar-refractivity contribution in [3.8, 4) is 0 Å². The smallest absolute Gasteiger partial charge is 0.184 e. The molecule has 2 aromatic rings. The maximum atomic E-state index is 12.3. The van der Waals surface area contributed by atoms with Crippen molar-refractivity contribution >= 4 is 43.1 Å². The highest BCUT2D eigenvalue weighted by molar-refractivity contribution is 9.10. The van der Waals surface area contributed by atoms with Crippen LogP contribution in [0.15, 0.2) is 46.0 Å². The van der Waals surface area contributed by atoms with E-state index in [0.717, 1.165) is 4.47 Å². The minimum atomic E-state index is -3.53. The van der Waals surface area contributed by atoms with E-state index >= 15 is 0 Å². The van der Waals surface area contributed by atoms with Gasteiger partial charge in [-0.3, -0.25) is 4.98 Å². The number of anilines is 1. The van der Waals surface area contributed by atoms with Gasteiger partial charge in [0.15, 0.2) is 9.84 Å². The largest absolute Gasteiger partial charge is 0.399 e. The minimum absolute atomic E-state index is 0.0725. The second-order valence-corrected chi connectivity index (χ2v) is 7.24. The maximum absolute atomic E-state index is 12.3. The fourth-order valence-corrected chi connectivity index (χ4v) is 3.94. The Labute approximate surface area is 124 Å². The molecule has 1 aromatic carbocycles. The third-order valence-corrected chi connectivity index (χ3v) is 5.01. The highest BCUT2D eigenvalue weighted by atomic mass is 79.9. The molecule has 0 amide bonds. The number of rotatable bonds is 3. The first-order chi connectivity index (χ1) is 8.88. The molecule has 1 aromatic heterocycles. The van der Waals surface area contributed by atoms with Gasteiger partial charge in [-0.2, -0.15) is 0 Å². The first kappa shape index (κ1) is 14.3. The van der Waals surface area contributed by atoms with Crippen molar-refractivity contribution in [2.24, 2.45) is 0 Å². The van der Waals surface area contributed by atoms with Gasteiger partial charge < -0.3 is 5.73 Å². The van der Waals surface area contributed by atoms with Crippen LogP contribution >= 0.6 is 27.5 Å². The van der Waals surface area contributed by atoms with E-state index in [2.05, 4.69) is 20.9 Å². The van der Waals surface area contributed by atoms with Gasteiger partial charge in [-0.15, -0.1) is 0 Å². The quantitative estimate of drug-likeness (QED) is 0.853. The summed E-state index contributed by atoms with van der Waals surface area (Å²) in [6, 6.07) is 6.06. The first-order valence-electron chi connectivity index (χ1n) is 5.26. The number of pyridine rings is 1. The van der Waals surface area contributed by atoms with Gasteiger partial charge in [0.05, 0.1) is 15.7 Å². The molecule has 0 saturated heterocycles. The van der Waals surface area contributed by atoms with E-state index in [1.807, 2.05) is 0 Å². The summed E-state index contributed by atoms with van der Waals surface area (Å²) in [5, 5.41) is 0.128. The zero-order valence-corrected chi connectivity index (χ0v) is 12.8. The van der Waals surface area contributed by atoms with Crippen LogP contribution in [0.5, 0.6) is 0 Å². The predicted molar refractivity (Wildman–Crippen MR) is 78.7 cm³/mol. The summed E-state index contributed by atoms with van der Waals surface area (Å²) in [4.78, 5) is 4.01. The maximum Gasteiger partial charge on any atom is 0.184 e. The Hall–Kier alpha value is -1.11. The molecule has 0 bridgehead atoms. The molecule has 0 fully saturated rings. The summed E-state index contributed by atoms with van der Waals surface area (Å²) in [5.74, 6) is -0.164. The lowest BCUT2D eigenvalue weighted by atomic mass is 10.3. The number of halogens is 2. The van der Waals surface area contributed by atoms with Crippen LogP contribution in [0.2, 0.25) is 5.02 Å². The number of nitrogen functional groups attached to an aromatic ring is 1. The molecular formula is C12H10BrClN2O2S. The Kier molecular flexibility index (Phi) is 4.13. The summed E-state index contributed by atoms with van der Waals surface area (Å²) in [7, 11) is -3.53. The number of nitrogens with zero attached hydrogens (tertiary/aromatic N) is 1. The van der Waals surface area contributed by atoms with Gasteiger partial charge in [0.2, 0.25) is 0 Å². The third kappa shape index (κ3) is 3.46. The van der Waals surface area contributed by atoms with Crippen LogP contribution in [0.25, 0.3) is 0 Å². The van der Waals surface area contributed by atoms with Crippen molar-refractivity contribution in [3.05, 3.63) is 51.7 Å². The minimum Gasteiger partial charge on any atom is -0.399 e. The summed E-state index contributed by atoms with van der Waals surface area (Å²) >= 11 is 9.18. The van der Waals surface area contributed by atoms with Crippen LogP contribution in [0.3, 0.4) is 0 Å². The van der Waals surface area contributed by atoms with Crippen molar-refractivity contribution in [3.63, 3.8) is 0 Å².